The van der Waals surface area contributed by atoms with Crippen LogP contribution in [0.2, 0.25) is 0 Å². The third kappa shape index (κ3) is 5.30. The lowest BCUT2D eigenvalue weighted by Crippen LogP contribution is -2.31. The predicted molar refractivity (Wildman–Crippen MR) is 68.7 cm³/mol. The van der Waals surface area contributed by atoms with Crippen molar-refractivity contribution in [3.05, 3.63) is 18.0 Å². The first-order valence-electron chi connectivity index (χ1n) is 6.03. The summed E-state index contributed by atoms with van der Waals surface area (Å²) < 4.78 is 7.28. The molecular formula is C12H24N4O. The summed E-state index contributed by atoms with van der Waals surface area (Å²) in [7, 11) is 3.95. The molecule has 0 aliphatic heterocycles. The van der Waals surface area contributed by atoms with Gasteiger partial charge in [0.05, 0.1) is 18.9 Å². The standard InChI is InChI=1S/C12H24N4O/c1-10(2)17-6-5-15(3)9-12(13)11-7-14-16(4)8-11/h7-8,10,12H,5-6,9,13H2,1-4H3. The first-order chi connectivity index (χ1) is 7.99. The number of aromatic nitrogens is 2. The molecule has 1 atom stereocenters. The van der Waals surface area contributed by atoms with E-state index < -0.39 is 0 Å². The van der Waals surface area contributed by atoms with E-state index in [1.807, 2.05) is 33.3 Å². The van der Waals surface area contributed by atoms with Crippen molar-refractivity contribution in [1.82, 2.24) is 14.7 Å². The zero-order valence-corrected chi connectivity index (χ0v) is 11.3. The molecule has 1 unspecified atom stereocenters. The van der Waals surface area contributed by atoms with E-state index in [2.05, 4.69) is 17.0 Å². The van der Waals surface area contributed by atoms with Crippen LogP contribution in [-0.4, -0.2) is 47.5 Å². The Bertz CT molecular complexity index is 324. The Morgan fingerprint density at radius 1 is 1.53 bits per heavy atom. The maximum Gasteiger partial charge on any atom is 0.0596 e. The van der Waals surface area contributed by atoms with E-state index in [1.165, 1.54) is 0 Å². The van der Waals surface area contributed by atoms with Gasteiger partial charge in [0.25, 0.3) is 0 Å². The second-order valence-corrected chi connectivity index (χ2v) is 4.74. The van der Waals surface area contributed by atoms with Crippen molar-refractivity contribution in [3.8, 4) is 0 Å². The van der Waals surface area contributed by atoms with E-state index in [0.29, 0.717) is 0 Å². The Hall–Kier alpha value is -0.910. The molecule has 98 valence electrons. The zero-order chi connectivity index (χ0) is 12.8. The molecule has 2 N–H and O–H groups in total. The number of likely N-dealkylation sites (N-methyl/N-ethyl adjacent to an activating group) is 1. The SMILES string of the molecule is CC(C)OCCN(C)CC(N)c1cnn(C)c1. The summed E-state index contributed by atoms with van der Waals surface area (Å²) in [5.74, 6) is 0. The molecule has 0 aliphatic carbocycles. The van der Waals surface area contributed by atoms with Gasteiger partial charge < -0.3 is 15.4 Å². The van der Waals surface area contributed by atoms with Gasteiger partial charge in [-0.05, 0) is 20.9 Å². The molecule has 0 bridgehead atoms. The first-order valence-corrected chi connectivity index (χ1v) is 6.03. The van der Waals surface area contributed by atoms with Crippen LogP contribution in [-0.2, 0) is 11.8 Å². The molecule has 0 amide bonds. The van der Waals surface area contributed by atoms with Crippen molar-refractivity contribution in [2.75, 3.05) is 26.7 Å². The molecule has 1 aromatic rings. The highest BCUT2D eigenvalue weighted by atomic mass is 16.5. The summed E-state index contributed by atoms with van der Waals surface area (Å²) in [6, 6.07) is 0.00718. The topological polar surface area (TPSA) is 56.3 Å². The first kappa shape index (κ1) is 14.2. The molecule has 1 heterocycles. The lowest BCUT2D eigenvalue weighted by atomic mass is 10.1. The van der Waals surface area contributed by atoms with Crippen LogP contribution in [0.5, 0.6) is 0 Å². The molecule has 1 rings (SSSR count). The summed E-state index contributed by atoms with van der Waals surface area (Å²) in [6.45, 7) is 6.54. The molecule has 17 heavy (non-hydrogen) atoms. The molecule has 0 saturated carbocycles. The average molecular weight is 240 g/mol. The third-order valence-corrected chi connectivity index (χ3v) is 2.59. The Morgan fingerprint density at radius 2 is 2.24 bits per heavy atom. The van der Waals surface area contributed by atoms with Gasteiger partial charge >= 0.3 is 0 Å². The van der Waals surface area contributed by atoms with Gasteiger partial charge in [0.1, 0.15) is 0 Å². The van der Waals surface area contributed by atoms with Gasteiger partial charge in [-0.2, -0.15) is 5.10 Å². The highest BCUT2D eigenvalue weighted by Crippen LogP contribution is 2.09. The average Bonchev–Trinajstić information content (AvgIpc) is 2.64. The quantitative estimate of drug-likeness (QED) is 0.765. The predicted octanol–water partition coefficient (Wildman–Crippen LogP) is 0.777. The van der Waals surface area contributed by atoms with E-state index in [9.17, 15) is 0 Å². The van der Waals surface area contributed by atoms with Crippen LogP contribution in [0.4, 0.5) is 0 Å². The molecule has 0 aliphatic rings. The fraction of sp³-hybridized carbons (Fsp3) is 0.750. The molecule has 0 aromatic carbocycles. The number of hydrogen-bond donors (Lipinski definition) is 1. The lowest BCUT2D eigenvalue weighted by Gasteiger charge is -2.21. The summed E-state index contributed by atoms with van der Waals surface area (Å²) in [5.41, 5.74) is 7.18. The second kappa shape index (κ2) is 6.74. The number of ether oxygens (including phenoxy) is 1. The lowest BCUT2D eigenvalue weighted by molar-refractivity contribution is 0.0629. The maximum atomic E-state index is 6.10. The number of rotatable bonds is 7. The number of nitrogens with two attached hydrogens (primary N) is 1. The van der Waals surface area contributed by atoms with Gasteiger partial charge in [0.2, 0.25) is 0 Å². The van der Waals surface area contributed by atoms with Crippen LogP contribution in [0.25, 0.3) is 0 Å². The van der Waals surface area contributed by atoms with Crippen molar-refractivity contribution in [2.45, 2.75) is 26.0 Å². The Kier molecular flexibility index (Phi) is 5.61. The highest BCUT2D eigenvalue weighted by Gasteiger charge is 2.10. The van der Waals surface area contributed by atoms with Crippen LogP contribution in [0, 0.1) is 0 Å². The molecule has 0 fully saturated rings. The Morgan fingerprint density at radius 3 is 2.76 bits per heavy atom. The summed E-state index contributed by atoms with van der Waals surface area (Å²) >= 11 is 0. The highest BCUT2D eigenvalue weighted by molar-refractivity contribution is 5.09. The molecular weight excluding hydrogens is 216 g/mol. The molecule has 5 heteroatoms. The van der Waals surface area contributed by atoms with Crippen molar-refractivity contribution >= 4 is 0 Å². The van der Waals surface area contributed by atoms with Gasteiger partial charge in [-0.1, -0.05) is 0 Å². The minimum Gasteiger partial charge on any atom is -0.377 e. The largest absolute Gasteiger partial charge is 0.377 e. The van der Waals surface area contributed by atoms with E-state index in [-0.39, 0.29) is 12.1 Å². The summed E-state index contributed by atoms with van der Waals surface area (Å²) in [6.07, 6.45) is 4.07. The summed E-state index contributed by atoms with van der Waals surface area (Å²) in [4.78, 5) is 2.18. The van der Waals surface area contributed by atoms with Gasteiger partial charge in [-0.15, -0.1) is 0 Å². The van der Waals surface area contributed by atoms with Crippen molar-refractivity contribution in [2.24, 2.45) is 12.8 Å². The van der Waals surface area contributed by atoms with Gasteiger partial charge in [0, 0.05) is 37.9 Å². The number of nitrogens with zero attached hydrogens (tertiary/aromatic N) is 3. The zero-order valence-electron chi connectivity index (χ0n) is 11.3. The van der Waals surface area contributed by atoms with Crippen LogP contribution in [0.3, 0.4) is 0 Å². The van der Waals surface area contributed by atoms with Crippen molar-refractivity contribution in [1.29, 1.82) is 0 Å². The van der Waals surface area contributed by atoms with Crippen molar-refractivity contribution < 1.29 is 4.74 Å². The molecule has 5 nitrogen and oxygen atoms in total. The van der Waals surface area contributed by atoms with Crippen LogP contribution < -0.4 is 5.73 Å². The van der Waals surface area contributed by atoms with E-state index in [4.69, 9.17) is 10.5 Å². The monoisotopic (exact) mass is 240 g/mol. The number of hydrogen-bond acceptors (Lipinski definition) is 4. The molecule has 0 radical (unpaired) electrons. The smallest absolute Gasteiger partial charge is 0.0596 e. The van der Waals surface area contributed by atoms with Gasteiger partial charge in [-0.25, -0.2) is 0 Å². The minimum atomic E-state index is 0.00718. The second-order valence-electron chi connectivity index (χ2n) is 4.74. The fourth-order valence-corrected chi connectivity index (χ4v) is 1.61. The fourth-order valence-electron chi connectivity index (χ4n) is 1.61. The van der Waals surface area contributed by atoms with Gasteiger partial charge in [-0.3, -0.25) is 4.68 Å². The van der Waals surface area contributed by atoms with E-state index in [0.717, 1.165) is 25.3 Å². The Labute approximate surface area is 104 Å². The Balaban J connectivity index is 2.28. The van der Waals surface area contributed by atoms with Crippen LogP contribution >= 0.6 is 0 Å². The van der Waals surface area contributed by atoms with E-state index >= 15 is 0 Å². The van der Waals surface area contributed by atoms with E-state index in [1.54, 1.807) is 4.68 Å². The molecule has 1 aromatic heterocycles. The minimum absolute atomic E-state index is 0.00718. The third-order valence-electron chi connectivity index (χ3n) is 2.59. The van der Waals surface area contributed by atoms with Gasteiger partial charge in [0.15, 0.2) is 0 Å². The maximum absolute atomic E-state index is 6.10. The molecule has 0 saturated heterocycles. The normalized spacial score (nSPS) is 13.6. The van der Waals surface area contributed by atoms with Crippen LogP contribution in [0.1, 0.15) is 25.5 Å². The molecule has 0 spiro atoms. The summed E-state index contributed by atoms with van der Waals surface area (Å²) in [5, 5.41) is 4.12. The number of aryl methyl sites for hydroxylation is 1. The van der Waals surface area contributed by atoms with Crippen LogP contribution in [0.15, 0.2) is 12.4 Å². The van der Waals surface area contributed by atoms with Crippen molar-refractivity contribution in [3.63, 3.8) is 0 Å².